The topological polar surface area (TPSA) is 108 Å². The van der Waals surface area contributed by atoms with E-state index in [-0.39, 0.29) is 31.0 Å². The minimum absolute atomic E-state index is 0.0362. The summed E-state index contributed by atoms with van der Waals surface area (Å²) in [6.07, 6.45) is 1.55. The van der Waals surface area contributed by atoms with E-state index in [1.54, 1.807) is 0 Å². The third kappa shape index (κ3) is 7.03. The lowest BCUT2D eigenvalue weighted by molar-refractivity contribution is -0.155. The smallest absolute Gasteiger partial charge is 0.378 e. The van der Waals surface area contributed by atoms with Gasteiger partial charge in [0.2, 0.25) is 5.76 Å². The van der Waals surface area contributed by atoms with Crippen molar-refractivity contribution in [2.45, 2.75) is 64.6 Å². The summed E-state index contributed by atoms with van der Waals surface area (Å²) in [6, 6.07) is 0. The number of cyclic esters (lactones) is 1. The number of carbonyl (C=O) groups is 3. The molecule has 1 aliphatic rings. The van der Waals surface area contributed by atoms with Crippen LogP contribution >= 0.6 is 0 Å². The molecule has 0 aromatic carbocycles. The predicted octanol–water partition coefficient (Wildman–Crippen LogP) is 1.64. The van der Waals surface area contributed by atoms with Gasteiger partial charge in [-0.2, -0.15) is 0 Å². The fourth-order valence-corrected chi connectivity index (χ4v) is 2.14. The number of aliphatic hydroxyl groups is 1. The summed E-state index contributed by atoms with van der Waals surface area (Å²) in [5, 5.41) is 10.3. The van der Waals surface area contributed by atoms with Gasteiger partial charge in [-0.05, 0) is 12.8 Å². The van der Waals surface area contributed by atoms with Gasteiger partial charge >= 0.3 is 11.9 Å². The molecule has 0 saturated heterocycles. The van der Waals surface area contributed by atoms with Gasteiger partial charge in [-0.25, -0.2) is 4.79 Å². The number of hydrogen-bond acceptors (Lipinski definition) is 8. The van der Waals surface area contributed by atoms with Crippen LogP contribution in [-0.2, 0) is 33.3 Å². The van der Waals surface area contributed by atoms with Crippen LogP contribution in [0.5, 0.6) is 0 Å². The second-order valence-electron chi connectivity index (χ2n) is 5.88. The lowest BCUT2D eigenvalue weighted by atomic mass is 10.2. The molecule has 1 heterocycles. The van der Waals surface area contributed by atoms with Gasteiger partial charge in [-0.1, -0.05) is 26.7 Å². The maximum absolute atomic E-state index is 12.1. The van der Waals surface area contributed by atoms with Crippen LogP contribution in [0.15, 0.2) is 11.5 Å². The van der Waals surface area contributed by atoms with E-state index in [4.69, 9.17) is 18.9 Å². The van der Waals surface area contributed by atoms with Crippen LogP contribution in [0.25, 0.3) is 0 Å². The van der Waals surface area contributed by atoms with Gasteiger partial charge in [-0.15, -0.1) is 0 Å². The molecule has 1 N–H and O–H groups in total. The molecule has 2 atom stereocenters. The molecule has 2 unspecified atom stereocenters. The fraction of sp³-hybridized carbons (Fsp3) is 0.722. The number of hydrogen-bond donors (Lipinski definition) is 1. The third-order valence-corrected chi connectivity index (χ3v) is 3.63. The number of esters is 2. The maximum Gasteiger partial charge on any atom is 0.378 e. The minimum Gasteiger partial charge on any atom is -0.490 e. The van der Waals surface area contributed by atoms with E-state index in [1.807, 2.05) is 13.8 Å². The lowest BCUT2D eigenvalue weighted by Crippen LogP contribution is -2.34. The predicted molar refractivity (Wildman–Crippen MR) is 90.9 cm³/mol. The summed E-state index contributed by atoms with van der Waals surface area (Å²) < 4.78 is 21.2. The second-order valence-corrected chi connectivity index (χ2v) is 5.88. The molecule has 0 fully saturated rings. The van der Waals surface area contributed by atoms with Crippen molar-refractivity contribution >= 4 is 18.2 Å². The zero-order valence-corrected chi connectivity index (χ0v) is 15.4. The molecule has 0 aromatic heterocycles. The zero-order valence-electron chi connectivity index (χ0n) is 15.4. The highest BCUT2D eigenvalue weighted by Gasteiger charge is 2.42. The molecule has 8 heteroatoms. The molecule has 0 radical (unpaired) electrons. The molecule has 0 spiro atoms. The first-order valence-corrected chi connectivity index (χ1v) is 9.03. The van der Waals surface area contributed by atoms with Gasteiger partial charge in [0, 0.05) is 6.42 Å². The van der Waals surface area contributed by atoms with E-state index in [2.05, 4.69) is 0 Å². The van der Waals surface area contributed by atoms with E-state index >= 15 is 0 Å². The van der Waals surface area contributed by atoms with Crippen molar-refractivity contribution in [3.63, 3.8) is 0 Å². The molecule has 0 saturated carbocycles. The van der Waals surface area contributed by atoms with Crippen LogP contribution in [0.2, 0.25) is 0 Å². The molecule has 0 aliphatic carbocycles. The van der Waals surface area contributed by atoms with E-state index in [1.165, 1.54) is 0 Å². The molecule has 0 amide bonds. The zero-order chi connectivity index (χ0) is 19.4. The summed E-state index contributed by atoms with van der Waals surface area (Å²) in [6.45, 7) is 4.31. The summed E-state index contributed by atoms with van der Waals surface area (Å²) >= 11 is 0. The van der Waals surface area contributed by atoms with E-state index in [0.29, 0.717) is 19.5 Å². The molecular weight excluding hydrogens is 344 g/mol. The lowest BCUT2D eigenvalue weighted by Gasteiger charge is -2.20. The van der Waals surface area contributed by atoms with Crippen LogP contribution in [0, 0.1) is 0 Å². The van der Waals surface area contributed by atoms with Crippen LogP contribution in [0.1, 0.15) is 52.4 Å². The Morgan fingerprint density at radius 1 is 1.23 bits per heavy atom. The number of unbranched alkanes of at least 4 members (excludes halogenated alkanes) is 2. The minimum atomic E-state index is -1.29. The van der Waals surface area contributed by atoms with Crippen LogP contribution in [-0.4, -0.2) is 55.4 Å². The Labute approximate surface area is 153 Å². The highest BCUT2D eigenvalue weighted by atomic mass is 16.6. The van der Waals surface area contributed by atoms with Gasteiger partial charge in [0.1, 0.15) is 19.0 Å². The number of rotatable bonds is 14. The molecule has 26 heavy (non-hydrogen) atoms. The first-order chi connectivity index (χ1) is 12.5. The Morgan fingerprint density at radius 2 is 1.88 bits per heavy atom. The molecular formula is C18H28O8. The number of ether oxygens (including phenoxy) is 4. The van der Waals surface area contributed by atoms with E-state index < -0.39 is 24.1 Å². The molecule has 148 valence electrons. The summed E-state index contributed by atoms with van der Waals surface area (Å²) in [7, 11) is 0. The Balaban J connectivity index is 2.73. The van der Waals surface area contributed by atoms with Gasteiger partial charge < -0.3 is 28.8 Å². The first-order valence-electron chi connectivity index (χ1n) is 9.03. The van der Waals surface area contributed by atoms with Crippen molar-refractivity contribution in [2.75, 3.05) is 19.8 Å². The van der Waals surface area contributed by atoms with Gasteiger partial charge in [-0.3, -0.25) is 4.79 Å². The Hall–Kier alpha value is -2.09. The van der Waals surface area contributed by atoms with Gasteiger partial charge in [0.25, 0.3) is 0 Å². The molecule has 0 aromatic rings. The Morgan fingerprint density at radius 3 is 2.50 bits per heavy atom. The number of carbonyl (C=O) groups excluding carboxylic acids is 3. The van der Waals surface area contributed by atoms with E-state index in [0.717, 1.165) is 25.7 Å². The Kier molecular flexibility index (Phi) is 10.4. The van der Waals surface area contributed by atoms with Crippen LogP contribution in [0.3, 0.4) is 0 Å². The summed E-state index contributed by atoms with van der Waals surface area (Å²) in [4.78, 5) is 33.8. The van der Waals surface area contributed by atoms with Crippen molar-refractivity contribution in [3.05, 3.63) is 11.5 Å². The molecule has 0 bridgehead atoms. The van der Waals surface area contributed by atoms with Gasteiger partial charge in [0.15, 0.2) is 11.9 Å². The van der Waals surface area contributed by atoms with Crippen molar-refractivity contribution in [2.24, 2.45) is 0 Å². The van der Waals surface area contributed by atoms with Crippen molar-refractivity contribution in [3.8, 4) is 0 Å². The highest BCUT2D eigenvalue weighted by molar-refractivity contribution is 5.89. The van der Waals surface area contributed by atoms with Gasteiger partial charge in [0.05, 0.1) is 19.6 Å². The highest BCUT2D eigenvalue weighted by Crippen LogP contribution is 2.28. The average Bonchev–Trinajstić information content (AvgIpc) is 2.94. The molecule has 1 aliphatic heterocycles. The number of aldehydes is 1. The van der Waals surface area contributed by atoms with Crippen LogP contribution in [0.4, 0.5) is 0 Å². The number of aliphatic hydroxyl groups excluding tert-OH is 1. The molecule has 8 nitrogen and oxygen atoms in total. The second kappa shape index (κ2) is 12.3. The maximum atomic E-state index is 12.1. The van der Waals surface area contributed by atoms with Crippen molar-refractivity contribution in [1.82, 2.24) is 0 Å². The normalized spacial score (nSPS) is 17.7. The first kappa shape index (κ1) is 22.0. The quantitative estimate of drug-likeness (QED) is 0.278. The fourth-order valence-electron chi connectivity index (χ4n) is 2.14. The largest absolute Gasteiger partial charge is 0.490 e. The third-order valence-electron chi connectivity index (χ3n) is 3.63. The van der Waals surface area contributed by atoms with E-state index in [9.17, 15) is 19.5 Å². The Bertz CT molecular complexity index is 499. The summed E-state index contributed by atoms with van der Waals surface area (Å²) in [5.74, 6) is -1.22. The molecule has 1 rings (SSSR count). The van der Waals surface area contributed by atoms with Crippen molar-refractivity contribution < 1.29 is 38.4 Å². The van der Waals surface area contributed by atoms with Crippen molar-refractivity contribution in [1.29, 1.82) is 0 Å². The average molecular weight is 372 g/mol. The SMILES string of the molecule is CCCCOC1=C(OCCCC)C(C(O)COC(=O)CCC=O)OC1=O. The standard InChI is InChI=1S/C18H28O8/c1-3-5-10-23-16-15(13(20)12-25-14(21)8-7-9-19)26-18(22)17(16)24-11-6-4-2/h9,13,15,20H,3-8,10-12H2,1-2H3. The van der Waals surface area contributed by atoms with Crippen LogP contribution < -0.4 is 0 Å². The summed E-state index contributed by atoms with van der Waals surface area (Å²) in [5.41, 5.74) is 0. The monoisotopic (exact) mass is 372 g/mol.